The smallest absolute Gasteiger partial charge is 0.437 e. The van der Waals surface area contributed by atoms with Crippen LogP contribution in [0.25, 0.3) is 10.8 Å². The van der Waals surface area contributed by atoms with Crippen molar-refractivity contribution in [1.29, 1.82) is 0 Å². The summed E-state index contributed by atoms with van der Waals surface area (Å²) in [5.41, 5.74) is 0. The van der Waals surface area contributed by atoms with Gasteiger partial charge in [0.1, 0.15) is 18.5 Å². The fourth-order valence-corrected chi connectivity index (χ4v) is 2.81. The first-order valence-electron chi connectivity index (χ1n) is 6.80. The maximum Gasteiger partial charge on any atom is 0.437 e. The molecular weight excluding hydrogens is 384 g/mol. The van der Waals surface area contributed by atoms with Crippen LogP contribution < -0.4 is 10.5 Å². The first-order chi connectivity index (χ1) is 11.1. The van der Waals surface area contributed by atoms with Gasteiger partial charge in [-0.2, -0.15) is 4.68 Å². The van der Waals surface area contributed by atoms with Gasteiger partial charge in [0, 0.05) is 4.47 Å². The van der Waals surface area contributed by atoms with Crippen molar-refractivity contribution in [2.24, 2.45) is 0 Å². The molecule has 3 rings (SSSR count). The molecule has 1 N–H and O–H groups in total. The molecule has 0 bridgehead atoms. The summed E-state index contributed by atoms with van der Waals surface area (Å²) in [6, 6.07) is 10.9. The van der Waals surface area contributed by atoms with Gasteiger partial charge in [0.15, 0.2) is 0 Å². The minimum atomic E-state index is -0.877. The maximum atomic E-state index is 11.8. The highest BCUT2D eigenvalue weighted by molar-refractivity contribution is 9.10. The van der Waals surface area contributed by atoms with Crippen LogP contribution in [0.2, 0.25) is 0 Å². The molecule has 0 saturated heterocycles. The Kier molecular flexibility index (Phi) is 4.94. The van der Waals surface area contributed by atoms with Gasteiger partial charge in [0.2, 0.25) is 0 Å². The van der Waals surface area contributed by atoms with Crippen LogP contribution in [0.15, 0.2) is 55.5 Å². The van der Waals surface area contributed by atoms with Crippen molar-refractivity contribution in [1.82, 2.24) is 9.78 Å². The molecular formula is C15H13BrN2O4S. The lowest BCUT2D eigenvalue weighted by Crippen LogP contribution is -2.29. The third-order valence-corrected chi connectivity index (χ3v) is 4.36. The molecule has 0 aliphatic rings. The van der Waals surface area contributed by atoms with E-state index in [9.17, 15) is 9.90 Å². The summed E-state index contributed by atoms with van der Waals surface area (Å²) < 4.78 is 12.6. The molecule has 0 spiro atoms. The highest BCUT2D eigenvalue weighted by Gasteiger charge is 2.14. The van der Waals surface area contributed by atoms with Crippen molar-refractivity contribution >= 4 is 27.3 Å². The monoisotopic (exact) mass is 396 g/mol. The Morgan fingerprint density at radius 2 is 2.13 bits per heavy atom. The van der Waals surface area contributed by atoms with Gasteiger partial charge in [0.05, 0.1) is 11.4 Å². The summed E-state index contributed by atoms with van der Waals surface area (Å²) in [7, 11) is 0. The second-order valence-electron chi connectivity index (χ2n) is 4.75. The third-order valence-electron chi connectivity index (χ3n) is 2.98. The van der Waals surface area contributed by atoms with E-state index in [1.807, 2.05) is 29.6 Å². The Morgan fingerprint density at radius 3 is 2.83 bits per heavy atom. The van der Waals surface area contributed by atoms with E-state index in [2.05, 4.69) is 21.0 Å². The largest absolute Gasteiger partial charge is 0.491 e. The lowest BCUT2D eigenvalue weighted by molar-refractivity contribution is 0.0875. The molecule has 6 nitrogen and oxygen atoms in total. The van der Waals surface area contributed by atoms with Gasteiger partial charge in [-0.3, -0.25) is 0 Å². The average Bonchev–Trinajstić information content (AvgIpc) is 3.17. The molecule has 3 aromatic rings. The van der Waals surface area contributed by atoms with Gasteiger partial charge >= 0.3 is 5.76 Å². The molecule has 0 amide bonds. The van der Waals surface area contributed by atoms with E-state index in [0.29, 0.717) is 5.75 Å². The van der Waals surface area contributed by atoms with Crippen LogP contribution in [0.1, 0.15) is 0 Å². The number of benzene rings is 1. The van der Waals surface area contributed by atoms with Crippen molar-refractivity contribution in [2.45, 2.75) is 12.6 Å². The van der Waals surface area contributed by atoms with Gasteiger partial charge in [-0.25, -0.2) is 4.79 Å². The van der Waals surface area contributed by atoms with Crippen molar-refractivity contribution in [3.05, 3.63) is 56.8 Å². The number of ether oxygens (including phenoxy) is 1. The number of thiophene rings is 1. The lowest BCUT2D eigenvalue weighted by Gasteiger charge is -2.11. The number of aliphatic hydroxyl groups is 1. The predicted molar refractivity (Wildman–Crippen MR) is 89.7 cm³/mol. The van der Waals surface area contributed by atoms with Crippen molar-refractivity contribution in [3.8, 4) is 16.5 Å². The van der Waals surface area contributed by atoms with Crippen LogP contribution in [0.4, 0.5) is 0 Å². The molecule has 0 aliphatic carbocycles. The molecule has 0 radical (unpaired) electrons. The predicted octanol–water partition coefficient (Wildman–Crippen LogP) is 2.77. The molecule has 2 aromatic heterocycles. The van der Waals surface area contributed by atoms with Crippen LogP contribution in [-0.2, 0) is 6.54 Å². The van der Waals surface area contributed by atoms with Gasteiger partial charge in [-0.05, 0) is 35.7 Å². The quantitative estimate of drug-likeness (QED) is 0.692. The minimum absolute atomic E-state index is 0.00420. The van der Waals surface area contributed by atoms with Crippen LogP contribution in [0.3, 0.4) is 0 Å². The Hall–Kier alpha value is -1.90. The molecule has 8 heteroatoms. The van der Waals surface area contributed by atoms with Gasteiger partial charge in [0.25, 0.3) is 5.89 Å². The van der Waals surface area contributed by atoms with Crippen molar-refractivity contribution < 1.29 is 14.3 Å². The van der Waals surface area contributed by atoms with E-state index in [4.69, 9.17) is 9.15 Å². The summed E-state index contributed by atoms with van der Waals surface area (Å²) in [6.07, 6.45) is -0.877. The normalized spacial score (nSPS) is 12.3. The number of hydrogen-bond acceptors (Lipinski definition) is 6. The van der Waals surface area contributed by atoms with E-state index in [-0.39, 0.29) is 19.0 Å². The van der Waals surface area contributed by atoms with Gasteiger partial charge < -0.3 is 14.3 Å². The Morgan fingerprint density at radius 1 is 1.35 bits per heavy atom. The fraction of sp³-hybridized carbons (Fsp3) is 0.200. The number of hydrogen-bond donors (Lipinski definition) is 1. The standard InChI is InChI=1S/C15H13BrN2O4S/c16-10-3-5-12(6-4-10)21-9-11(19)8-18-15(20)22-14(17-18)13-2-1-7-23-13/h1-7,11,19H,8-9H2. The third kappa shape index (κ3) is 4.10. The zero-order chi connectivity index (χ0) is 16.2. The molecule has 1 atom stereocenters. The maximum absolute atomic E-state index is 11.8. The first kappa shape index (κ1) is 16.0. The molecule has 0 fully saturated rings. The summed E-state index contributed by atoms with van der Waals surface area (Å²) in [4.78, 5) is 12.5. The molecule has 1 aromatic carbocycles. The molecule has 2 heterocycles. The Bertz CT molecular complexity index is 811. The number of rotatable bonds is 6. The summed E-state index contributed by atoms with van der Waals surface area (Å²) in [6.45, 7) is 0.0551. The molecule has 23 heavy (non-hydrogen) atoms. The van der Waals surface area contributed by atoms with E-state index < -0.39 is 11.9 Å². The lowest BCUT2D eigenvalue weighted by atomic mass is 10.3. The van der Waals surface area contributed by atoms with Crippen LogP contribution >= 0.6 is 27.3 Å². The number of nitrogens with zero attached hydrogens (tertiary/aromatic N) is 2. The second-order valence-corrected chi connectivity index (χ2v) is 6.61. The van der Waals surface area contributed by atoms with Crippen LogP contribution in [-0.4, -0.2) is 27.6 Å². The summed E-state index contributed by atoms with van der Waals surface area (Å²) in [5.74, 6) is 0.293. The number of halogens is 1. The molecule has 120 valence electrons. The van der Waals surface area contributed by atoms with Crippen LogP contribution in [0, 0.1) is 0 Å². The van der Waals surface area contributed by atoms with Gasteiger partial charge in [-0.15, -0.1) is 16.4 Å². The number of aromatic nitrogens is 2. The Balaban J connectivity index is 1.60. The van der Waals surface area contributed by atoms with Crippen LogP contribution in [0.5, 0.6) is 5.75 Å². The molecule has 0 aliphatic heterocycles. The zero-order valence-corrected chi connectivity index (χ0v) is 14.3. The van der Waals surface area contributed by atoms with Gasteiger partial charge in [-0.1, -0.05) is 22.0 Å². The highest BCUT2D eigenvalue weighted by atomic mass is 79.9. The highest BCUT2D eigenvalue weighted by Crippen LogP contribution is 2.21. The fourth-order valence-electron chi connectivity index (χ4n) is 1.90. The molecule has 1 unspecified atom stereocenters. The molecule has 0 saturated carbocycles. The number of aliphatic hydroxyl groups excluding tert-OH is 1. The van der Waals surface area contributed by atoms with Crippen molar-refractivity contribution in [3.63, 3.8) is 0 Å². The van der Waals surface area contributed by atoms with E-state index >= 15 is 0 Å². The second kappa shape index (κ2) is 7.12. The van der Waals surface area contributed by atoms with E-state index in [0.717, 1.165) is 14.0 Å². The van der Waals surface area contributed by atoms with E-state index in [1.54, 1.807) is 12.1 Å². The summed E-state index contributed by atoms with van der Waals surface area (Å²) in [5, 5.41) is 16.0. The topological polar surface area (TPSA) is 77.5 Å². The zero-order valence-electron chi connectivity index (χ0n) is 11.9. The summed E-state index contributed by atoms with van der Waals surface area (Å²) >= 11 is 4.76. The van der Waals surface area contributed by atoms with E-state index in [1.165, 1.54) is 11.3 Å². The first-order valence-corrected chi connectivity index (χ1v) is 8.47. The van der Waals surface area contributed by atoms with Crippen molar-refractivity contribution in [2.75, 3.05) is 6.61 Å². The SMILES string of the molecule is O=c1oc(-c2cccs2)nn1CC(O)COc1ccc(Br)cc1. The minimum Gasteiger partial charge on any atom is -0.491 e. The average molecular weight is 397 g/mol. The Labute approximate surface area is 144 Å².